The molecule has 0 spiro atoms. The van der Waals surface area contributed by atoms with Gasteiger partial charge in [-0.05, 0) is 19.9 Å². The lowest BCUT2D eigenvalue weighted by Gasteiger charge is -2.24. The van der Waals surface area contributed by atoms with E-state index in [-0.39, 0.29) is 18.0 Å². The third-order valence-corrected chi connectivity index (χ3v) is 2.59. The van der Waals surface area contributed by atoms with Gasteiger partial charge in [0.15, 0.2) is 0 Å². The number of amides is 1. The van der Waals surface area contributed by atoms with Crippen molar-refractivity contribution in [2.24, 2.45) is 0 Å². The van der Waals surface area contributed by atoms with E-state index in [4.69, 9.17) is 0 Å². The molecule has 0 radical (unpaired) electrons. The second kappa shape index (κ2) is 3.98. The van der Waals surface area contributed by atoms with Gasteiger partial charge in [-0.1, -0.05) is 5.21 Å². The van der Waals surface area contributed by atoms with Crippen LogP contribution < -0.4 is 10.6 Å². The van der Waals surface area contributed by atoms with Crippen molar-refractivity contribution in [3.8, 4) is 0 Å². The maximum atomic E-state index is 11.6. The summed E-state index contributed by atoms with van der Waals surface area (Å²) in [5.74, 6) is -0.0216. The minimum absolute atomic E-state index is 0.0216. The molecule has 2 N–H and O–H groups in total. The summed E-state index contributed by atoms with van der Waals surface area (Å²) in [4.78, 5) is 11.6. The first-order chi connectivity index (χ1) is 7.18. The molecule has 6 heteroatoms. The second-order valence-electron chi connectivity index (χ2n) is 4.14. The Labute approximate surface area is 88.0 Å². The Balaban J connectivity index is 1.87. The molecule has 0 saturated carbocycles. The molecule has 2 heterocycles. The van der Waals surface area contributed by atoms with E-state index in [9.17, 15) is 4.79 Å². The lowest BCUT2D eigenvalue weighted by atomic mass is 10.0. The molecule has 1 atom stereocenters. The molecule has 1 saturated heterocycles. The number of nitrogens with one attached hydrogen (secondary N) is 2. The molecular weight excluding hydrogens is 194 g/mol. The monoisotopic (exact) mass is 209 g/mol. The molecule has 1 unspecified atom stereocenters. The van der Waals surface area contributed by atoms with Crippen molar-refractivity contribution in [3.05, 3.63) is 12.4 Å². The van der Waals surface area contributed by atoms with Crippen LogP contribution >= 0.6 is 0 Å². The molecule has 6 nitrogen and oxygen atoms in total. The summed E-state index contributed by atoms with van der Waals surface area (Å²) in [5.41, 5.74) is -0.113. The van der Waals surface area contributed by atoms with Gasteiger partial charge in [0.1, 0.15) is 6.54 Å². The lowest BCUT2D eigenvalue weighted by molar-refractivity contribution is -0.123. The first kappa shape index (κ1) is 10.1. The molecular formula is C9H15N5O. The molecule has 0 aromatic carbocycles. The largest absolute Gasteiger partial charge is 0.348 e. The van der Waals surface area contributed by atoms with Crippen LogP contribution in [-0.2, 0) is 11.3 Å². The Bertz CT molecular complexity index is 328. The Hall–Kier alpha value is -1.43. The third kappa shape index (κ3) is 2.53. The fourth-order valence-corrected chi connectivity index (χ4v) is 1.76. The van der Waals surface area contributed by atoms with Gasteiger partial charge in [-0.2, -0.15) is 0 Å². The van der Waals surface area contributed by atoms with Gasteiger partial charge in [-0.3, -0.25) is 4.79 Å². The van der Waals surface area contributed by atoms with E-state index in [1.165, 1.54) is 4.68 Å². The Morgan fingerprint density at radius 2 is 2.60 bits per heavy atom. The van der Waals surface area contributed by atoms with Crippen LogP contribution in [0.2, 0.25) is 0 Å². The van der Waals surface area contributed by atoms with E-state index >= 15 is 0 Å². The standard InChI is InChI=1S/C9H15N5O/c1-9(2-3-10-7-9)12-8(15)6-14-5-4-11-13-14/h4-5,10H,2-3,6-7H2,1H3,(H,12,15). The van der Waals surface area contributed by atoms with Gasteiger partial charge in [0.2, 0.25) is 5.91 Å². The van der Waals surface area contributed by atoms with E-state index in [0.717, 1.165) is 19.5 Å². The highest BCUT2D eigenvalue weighted by Gasteiger charge is 2.29. The van der Waals surface area contributed by atoms with Gasteiger partial charge < -0.3 is 10.6 Å². The zero-order chi connectivity index (χ0) is 10.7. The normalized spacial score (nSPS) is 25.4. The molecule has 1 aliphatic heterocycles. The molecule has 1 aromatic rings. The number of hydrogen-bond acceptors (Lipinski definition) is 4. The fraction of sp³-hybridized carbons (Fsp3) is 0.667. The predicted octanol–water partition coefficient (Wildman–Crippen LogP) is -0.854. The van der Waals surface area contributed by atoms with E-state index in [2.05, 4.69) is 20.9 Å². The number of rotatable bonds is 3. The molecule has 15 heavy (non-hydrogen) atoms. The summed E-state index contributed by atoms with van der Waals surface area (Å²) < 4.78 is 1.51. The smallest absolute Gasteiger partial charge is 0.242 e. The van der Waals surface area contributed by atoms with Gasteiger partial charge in [0.25, 0.3) is 0 Å². The molecule has 0 aliphatic carbocycles. The SMILES string of the molecule is CC1(NC(=O)Cn2ccnn2)CCNC1. The van der Waals surface area contributed by atoms with E-state index in [1.54, 1.807) is 12.4 Å². The van der Waals surface area contributed by atoms with Crippen molar-refractivity contribution in [2.75, 3.05) is 13.1 Å². The van der Waals surface area contributed by atoms with Crippen molar-refractivity contribution in [2.45, 2.75) is 25.4 Å². The summed E-state index contributed by atoms with van der Waals surface area (Å²) in [6.07, 6.45) is 4.21. The zero-order valence-corrected chi connectivity index (χ0v) is 8.73. The predicted molar refractivity (Wildman–Crippen MR) is 54.1 cm³/mol. The number of aromatic nitrogens is 3. The molecule has 1 aliphatic rings. The molecule has 1 fully saturated rings. The Morgan fingerprint density at radius 1 is 1.73 bits per heavy atom. The number of carbonyl (C=O) groups is 1. The maximum absolute atomic E-state index is 11.6. The van der Waals surface area contributed by atoms with Gasteiger partial charge >= 0.3 is 0 Å². The van der Waals surface area contributed by atoms with Crippen LogP contribution in [0.1, 0.15) is 13.3 Å². The van der Waals surface area contributed by atoms with E-state index < -0.39 is 0 Å². The first-order valence-corrected chi connectivity index (χ1v) is 5.04. The molecule has 82 valence electrons. The van der Waals surface area contributed by atoms with Crippen LogP contribution in [0.3, 0.4) is 0 Å². The fourth-order valence-electron chi connectivity index (χ4n) is 1.76. The topological polar surface area (TPSA) is 71.8 Å². The van der Waals surface area contributed by atoms with Crippen molar-refractivity contribution in [3.63, 3.8) is 0 Å². The van der Waals surface area contributed by atoms with Gasteiger partial charge in [-0.25, -0.2) is 4.68 Å². The van der Waals surface area contributed by atoms with Gasteiger partial charge in [-0.15, -0.1) is 5.10 Å². The quantitative estimate of drug-likeness (QED) is 0.680. The second-order valence-corrected chi connectivity index (χ2v) is 4.14. The highest BCUT2D eigenvalue weighted by molar-refractivity contribution is 5.76. The van der Waals surface area contributed by atoms with E-state index in [1.807, 2.05) is 6.92 Å². The number of hydrogen-bond donors (Lipinski definition) is 2. The molecule has 1 amide bonds. The molecule has 0 bridgehead atoms. The highest BCUT2D eigenvalue weighted by Crippen LogP contribution is 2.12. The molecule has 2 rings (SSSR count). The minimum Gasteiger partial charge on any atom is -0.348 e. The summed E-state index contributed by atoms with van der Waals surface area (Å²) in [6.45, 7) is 4.07. The van der Waals surface area contributed by atoms with Gasteiger partial charge in [0, 0.05) is 12.7 Å². The minimum atomic E-state index is -0.113. The van der Waals surface area contributed by atoms with E-state index in [0.29, 0.717) is 0 Å². The number of carbonyl (C=O) groups excluding carboxylic acids is 1. The average Bonchev–Trinajstić information content (AvgIpc) is 2.76. The van der Waals surface area contributed by atoms with Crippen molar-refractivity contribution in [1.29, 1.82) is 0 Å². The Morgan fingerprint density at radius 3 is 3.20 bits per heavy atom. The first-order valence-electron chi connectivity index (χ1n) is 5.04. The van der Waals surface area contributed by atoms with Crippen LogP contribution in [0.15, 0.2) is 12.4 Å². The average molecular weight is 209 g/mol. The highest BCUT2D eigenvalue weighted by atomic mass is 16.2. The van der Waals surface area contributed by atoms with Crippen LogP contribution in [0, 0.1) is 0 Å². The van der Waals surface area contributed by atoms with Crippen molar-refractivity contribution < 1.29 is 4.79 Å². The zero-order valence-electron chi connectivity index (χ0n) is 8.73. The number of nitrogens with zero attached hydrogens (tertiary/aromatic N) is 3. The summed E-state index contributed by atoms with van der Waals surface area (Å²) in [7, 11) is 0. The summed E-state index contributed by atoms with van der Waals surface area (Å²) >= 11 is 0. The molecule has 1 aromatic heterocycles. The summed E-state index contributed by atoms with van der Waals surface area (Å²) in [6, 6.07) is 0. The maximum Gasteiger partial charge on any atom is 0.242 e. The van der Waals surface area contributed by atoms with Gasteiger partial charge in [0.05, 0.1) is 11.7 Å². The van der Waals surface area contributed by atoms with Crippen molar-refractivity contribution >= 4 is 5.91 Å². The van der Waals surface area contributed by atoms with Crippen LogP contribution in [0.25, 0.3) is 0 Å². The lowest BCUT2D eigenvalue weighted by Crippen LogP contribution is -2.48. The third-order valence-electron chi connectivity index (χ3n) is 2.59. The van der Waals surface area contributed by atoms with Crippen molar-refractivity contribution in [1.82, 2.24) is 25.6 Å². The Kier molecular flexibility index (Phi) is 2.68. The summed E-state index contributed by atoms with van der Waals surface area (Å²) in [5, 5.41) is 13.6. The van der Waals surface area contributed by atoms with Crippen LogP contribution in [-0.4, -0.2) is 39.5 Å². The van der Waals surface area contributed by atoms with Crippen LogP contribution in [0.5, 0.6) is 0 Å². The van der Waals surface area contributed by atoms with Crippen LogP contribution in [0.4, 0.5) is 0 Å².